The number of aliphatic carboxylic acids is 1. The Kier molecular flexibility index (Phi) is 9.48. The van der Waals surface area contributed by atoms with Crippen molar-refractivity contribution in [2.45, 2.75) is 43.0 Å². The average molecular weight is 528 g/mol. The van der Waals surface area contributed by atoms with Crippen LogP contribution in [0.3, 0.4) is 0 Å². The maximum Gasteiger partial charge on any atom is 1.00 e. The summed E-state index contributed by atoms with van der Waals surface area (Å²) in [5.41, 5.74) is 0.615. The van der Waals surface area contributed by atoms with Crippen LogP contribution in [-0.2, 0) is 9.59 Å². The Bertz CT molecular complexity index is 1080. The van der Waals surface area contributed by atoms with Crippen LogP contribution in [0.1, 0.15) is 30.0 Å². The van der Waals surface area contributed by atoms with Crippen LogP contribution in [0.2, 0.25) is 10.0 Å². The van der Waals surface area contributed by atoms with Gasteiger partial charge in [0.15, 0.2) is 0 Å². The number of benzene rings is 1. The molecule has 2 aliphatic rings. The largest absolute Gasteiger partial charge is 1.00 e. The molecule has 4 rings (SSSR count). The number of carboxylic acids is 1. The first-order valence-electron chi connectivity index (χ1n) is 8.97. The van der Waals surface area contributed by atoms with Gasteiger partial charge in [0.25, 0.3) is 5.91 Å². The molecule has 0 saturated carbocycles. The van der Waals surface area contributed by atoms with Crippen molar-refractivity contribution in [1.29, 1.82) is 0 Å². The molecular formula is C19H20Cl2N3NaO7S. The smallest absolute Gasteiger partial charge is 0.548 e. The molecule has 2 aliphatic heterocycles. The van der Waals surface area contributed by atoms with Crippen LogP contribution >= 0.6 is 35.0 Å². The summed E-state index contributed by atoms with van der Waals surface area (Å²) in [7, 11) is 0. The van der Waals surface area contributed by atoms with Gasteiger partial charge < -0.3 is 35.6 Å². The van der Waals surface area contributed by atoms with Crippen LogP contribution in [0.15, 0.2) is 22.7 Å². The second-order valence-corrected chi connectivity index (χ2v) is 10.2. The molecule has 5 N–H and O–H groups in total. The van der Waals surface area contributed by atoms with Crippen molar-refractivity contribution in [3.63, 3.8) is 0 Å². The number of fused-ring (bicyclic) bond motifs is 1. The summed E-state index contributed by atoms with van der Waals surface area (Å²) in [4.78, 5) is 38.5. The van der Waals surface area contributed by atoms with E-state index >= 15 is 0 Å². The predicted octanol–water partition coefficient (Wildman–Crippen LogP) is -2.78. The van der Waals surface area contributed by atoms with Crippen LogP contribution in [-0.4, -0.2) is 61.0 Å². The minimum atomic E-state index is -1.32. The zero-order chi connectivity index (χ0) is 22.0. The number of amides is 2. The monoisotopic (exact) mass is 527 g/mol. The van der Waals surface area contributed by atoms with Crippen LogP contribution in [0.4, 0.5) is 0 Å². The number of β-lactam (4-membered cyclic amide) rings is 1. The van der Waals surface area contributed by atoms with E-state index in [2.05, 4.69) is 10.5 Å². The van der Waals surface area contributed by atoms with E-state index < -0.39 is 40.0 Å². The summed E-state index contributed by atoms with van der Waals surface area (Å²) in [6.07, 6.45) is 0. The Labute approximate surface area is 225 Å². The van der Waals surface area contributed by atoms with Crippen LogP contribution in [0.25, 0.3) is 11.3 Å². The fraction of sp³-hybridized carbons (Fsp3) is 0.368. The standard InChI is InChI=1S/C19H17Cl2N3O5S.Na.2H2O/c1-7-10(12(23-29-7)11-8(20)5-4-6-9(11)21)15(25)22-13-16(26)24-14(18(27)28)19(2,3)30-17(13)24;;;/h4-6,13-14,17H,1-3H3,(H,22,25)(H,27,28);;2*1H2/q;+1;;/p-1/t13-,14?,17-;;;/m1.../s1. The van der Waals surface area contributed by atoms with Crippen molar-refractivity contribution in [3.05, 3.63) is 39.6 Å². The van der Waals surface area contributed by atoms with Gasteiger partial charge in [0.1, 0.15) is 28.4 Å². The zero-order valence-electron chi connectivity index (χ0n) is 18.1. The SMILES string of the molecule is Cc1onc(-c2c(Cl)cccc2Cl)c1C(=O)N[C@@H]1C(=O)N2C(C(=O)[O-])C(C)(C)S[C@H]12.O.O.[Na+]. The molecule has 1 aromatic heterocycles. The number of nitrogens with zero attached hydrogens (tertiary/aromatic N) is 2. The van der Waals surface area contributed by atoms with Crippen molar-refractivity contribution in [3.8, 4) is 11.3 Å². The molecule has 3 heterocycles. The number of rotatable bonds is 4. The molecule has 10 nitrogen and oxygen atoms in total. The number of hydrogen-bond donors (Lipinski definition) is 1. The molecule has 14 heteroatoms. The Morgan fingerprint density at radius 2 is 1.82 bits per heavy atom. The molecule has 0 aliphatic carbocycles. The van der Waals surface area contributed by atoms with E-state index in [-0.39, 0.29) is 57.5 Å². The number of halogens is 2. The molecule has 2 saturated heterocycles. The number of carbonyl (C=O) groups is 3. The van der Waals surface area contributed by atoms with E-state index in [4.69, 9.17) is 27.7 Å². The number of aryl methyl sites for hydroxylation is 1. The van der Waals surface area contributed by atoms with E-state index in [0.717, 1.165) is 0 Å². The molecule has 0 bridgehead atoms. The summed E-state index contributed by atoms with van der Waals surface area (Å²) in [5, 5.41) is 18.2. The first-order valence-corrected chi connectivity index (χ1v) is 10.6. The van der Waals surface area contributed by atoms with Gasteiger partial charge in [-0.2, -0.15) is 0 Å². The third-order valence-electron chi connectivity index (χ3n) is 5.24. The van der Waals surface area contributed by atoms with Gasteiger partial charge >= 0.3 is 29.6 Å². The first kappa shape index (κ1) is 29.7. The van der Waals surface area contributed by atoms with Gasteiger partial charge in [-0.25, -0.2) is 0 Å². The van der Waals surface area contributed by atoms with E-state index in [9.17, 15) is 19.5 Å². The summed E-state index contributed by atoms with van der Waals surface area (Å²) in [6, 6.07) is 2.94. The van der Waals surface area contributed by atoms with Gasteiger partial charge in [-0.05, 0) is 32.9 Å². The molecule has 2 aromatic rings. The van der Waals surface area contributed by atoms with Crippen LogP contribution in [0, 0.1) is 6.92 Å². The predicted molar refractivity (Wildman–Crippen MR) is 116 cm³/mol. The average Bonchev–Trinajstić information content (AvgIpc) is 3.14. The molecule has 3 atom stereocenters. The fourth-order valence-electron chi connectivity index (χ4n) is 3.87. The normalized spacial score (nSPS) is 22.2. The number of carbonyl (C=O) groups excluding carboxylic acids is 3. The van der Waals surface area contributed by atoms with E-state index in [1.807, 2.05) is 0 Å². The molecular weight excluding hydrogens is 508 g/mol. The molecule has 2 fully saturated rings. The van der Waals surface area contributed by atoms with Crippen LogP contribution < -0.4 is 40.0 Å². The number of aromatic nitrogens is 1. The fourth-order valence-corrected chi connectivity index (χ4v) is 6.07. The number of carboxylic acid groups (broad SMARTS) is 1. The van der Waals surface area contributed by atoms with Gasteiger partial charge in [0, 0.05) is 10.3 Å². The summed E-state index contributed by atoms with van der Waals surface area (Å²) in [5.74, 6) is -2.16. The maximum absolute atomic E-state index is 13.1. The number of thioether (sulfide) groups is 1. The third-order valence-corrected chi connectivity index (χ3v) is 7.44. The molecule has 1 aromatic carbocycles. The van der Waals surface area contributed by atoms with Gasteiger partial charge in [-0.3, -0.25) is 9.59 Å². The Balaban J connectivity index is 0.00000181. The zero-order valence-corrected chi connectivity index (χ0v) is 22.4. The van der Waals surface area contributed by atoms with Crippen LogP contribution in [0.5, 0.6) is 0 Å². The van der Waals surface area contributed by atoms with Gasteiger partial charge in [-0.1, -0.05) is 34.4 Å². The van der Waals surface area contributed by atoms with Crippen molar-refractivity contribution in [1.82, 2.24) is 15.4 Å². The van der Waals surface area contributed by atoms with Crippen molar-refractivity contribution >= 4 is 52.7 Å². The second kappa shape index (κ2) is 10.5. The quantitative estimate of drug-likeness (QED) is 0.329. The topological polar surface area (TPSA) is 179 Å². The van der Waals surface area contributed by atoms with Crippen molar-refractivity contribution in [2.24, 2.45) is 0 Å². The Morgan fingerprint density at radius 3 is 2.36 bits per heavy atom. The maximum atomic E-state index is 13.1. The van der Waals surface area contributed by atoms with Crippen molar-refractivity contribution < 1.29 is 64.5 Å². The third kappa shape index (κ3) is 4.78. The number of hydrogen-bond acceptors (Lipinski definition) is 7. The number of nitrogens with one attached hydrogen (secondary N) is 1. The van der Waals surface area contributed by atoms with Gasteiger partial charge in [-0.15, -0.1) is 11.8 Å². The van der Waals surface area contributed by atoms with E-state index in [1.165, 1.54) is 16.7 Å². The molecule has 0 radical (unpaired) electrons. The van der Waals surface area contributed by atoms with Crippen molar-refractivity contribution in [2.75, 3.05) is 0 Å². The molecule has 1 unspecified atom stereocenters. The molecule has 174 valence electrons. The van der Waals surface area contributed by atoms with Gasteiger partial charge in [0.2, 0.25) is 5.91 Å². The Morgan fingerprint density at radius 1 is 1.24 bits per heavy atom. The summed E-state index contributed by atoms with van der Waals surface area (Å²) >= 11 is 13.8. The van der Waals surface area contributed by atoms with E-state index in [0.29, 0.717) is 15.6 Å². The molecule has 0 spiro atoms. The minimum Gasteiger partial charge on any atom is -0.548 e. The molecule has 33 heavy (non-hydrogen) atoms. The minimum absolute atomic E-state index is 0. The second-order valence-electron chi connectivity index (χ2n) is 7.59. The molecule has 2 amide bonds. The Hall–Kier alpha value is -1.31. The summed E-state index contributed by atoms with van der Waals surface area (Å²) < 4.78 is 4.45. The van der Waals surface area contributed by atoms with Gasteiger partial charge in [0.05, 0.1) is 22.1 Å². The first-order chi connectivity index (χ1) is 14.0. The summed E-state index contributed by atoms with van der Waals surface area (Å²) in [6.45, 7) is 5.01. The van der Waals surface area contributed by atoms with E-state index in [1.54, 1.807) is 39.0 Å².